The Morgan fingerprint density at radius 3 is 3.00 bits per heavy atom. The van der Waals surface area contributed by atoms with Gasteiger partial charge in [-0.1, -0.05) is 30.3 Å². The van der Waals surface area contributed by atoms with E-state index in [1.165, 1.54) is 17.0 Å². The van der Waals surface area contributed by atoms with Crippen LogP contribution in [0.4, 0.5) is 0 Å². The van der Waals surface area contributed by atoms with Crippen LogP contribution in [0, 0.1) is 0 Å². The van der Waals surface area contributed by atoms with Crippen molar-refractivity contribution >= 4 is 17.2 Å². The zero-order valence-electron chi connectivity index (χ0n) is 12.5. The summed E-state index contributed by atoms with van der Waals surface area (Å²) in [4.78, 5) is 16.9. The van der Waals surface area contributed by atoms with E-state index in [4.69, 9.17) is 0 Å². The van der Waals surface area contributed by atoms with Gasteiger partial charge in [0.15, 0.2) is 0 Å². The summed E-state index contributed by atoms with van der Waals surface area (Å²) in [5.74, 6) is -0.0959. The van der Waals surface area contributed by atoms with Crippen LogP contribution in [-0.2, 0) is 13.0 Å². The van der Waals surface area contributed by atoms with Gasteiger partial charge in [-0.2, -0.15) is 5.10 Å². The fraction of sp³-hybridized carbons (Fsp3) is 0.235. The number of rotatable bonds is 3. The number of aryl methyl sites for hydroxylation is 1. The topological polar surface area (TPSA) is 59.8 Å². The summed E-state index contributed by atoms with van der Waals surface area (Å²) in [6.45, 7) is 0.847. The van der Waals surface area contributed by atoms with Crippen molar-refractivity contribution in [1.29, 1.82) is 0 Å². The molecule has 0 saturated carbocycles. The van der Waals surface area contributed by atoms with Gasteiger partial charge < -0.3 is 5.32 Å². The molecular formula is C17H16N4OS. The Balaban J connectivity index is 1.45. The summed E-state index contributed by atoms with van der Waals surface area (Å²) in [7, 11) is 0. The summed E-state index contributed by atoms with van der Waals surface area (Å²) in [5.41, 5.74) is 2.70. The van der Waals surface area contributed by atoms with E-state index in [1.54, 1.807) is 0 Å². The van der Waals surface area contributed by atoms with Gasteiger partial charge in [0.2, 0.25) is 0 Å². The van der Waals surface area contributed by atoms with E-state index in [9.17, 15) is 4.79 Å². The molecule has 0 saturated heterocycles. The van der Waals surface area contributed by atoms with E-state index in [0.717, 1.165) is 30.0 Å². The van der Waals surface area contributed by atoms with Crippen LogP contribution >= 0.6 is 11.3 Å². The van der Waals surface area contributed by atoms with Crippen molar-refractivity contribution in [3.8, 4) is 10.6 Å². The van der Waals surface area contributed by atoms with Crippen LogP contribution in [0.5, 0.6) is 0 Å². The highest BCUT2D eigenvalue weighted by Gasteiger charge is 2.22. The van der Waals surface area contributed by atoms with E-state index in [1.807, 2.05) is 52.7 Å². The Bertz CT molecular complexity index is 824. The highest BCUT2D eigenvalue weighted by atomic mass is 32.1. The molecule has 5 nitrogen and oxygen atoms in total. The number of aromatic nitrogens is 3. The predicted molar refractivity (Wildman–Crippen MR) is 89.4 cm³/mol. The van der Waals surface area contributed by atoms with E-state index in [2.05, 4.69) is 15.4 Å². The number of amides is 1. The molecule has 23 heavy (non-hydrogen) atoms. The lowest BCUT2D eigenvalue weighted by molar-refractivity contribution is 0.0926. The van der Waals surface area contributed by atoms with Crippen LogP contribution in [0.2, 0.25) is 0 Å². The largest absolute Gasteiger partial charge is 0.347 e. The number of carbonyl (C=O) groups excluding carboxylic acids is 1. The molecule has 6 heteroatoms. The normalized spacial score (nSPS) is 16.8. The quantitative estimate of drug-likeness (QED) is 0.806. The van der Waals surface area contributed by atoms with Gasteiger partial charge in [0.1, 0.15) is 10.7 Å². The van der Waals surface area contributed by atoms with Crippen LogP contribution in [0.1, 0.15) is 22.6 Å². The Labute approximate surface area is 138 Å². The lowest BCUT2D eigenvalue weighted by Crippen LogP contribution is -2.40. The molecule has 0 bridgehead atoms. The third-order valence-electron chi connectivity index (χ3n) is 4.04. The van der Waals surface area contributed by atoms with Crippen molar-refractivity contribution in [2.45, 2.75) is 25.4 Å². The maximum Gasteiger partial charge on any atom is 0.271 e. The Morgan fingerprint density at radius 2 is 2.13 bits per heavy atom. The summed E-state index contributed by atoms with van der Waals surface area (Å²) >= 11 is 1.50. The smallest absolute Gasteiger partial charge is 0.271 e. The van der Waals surface area contributed by atoms with Crippen LogP contribution in [0.25, 0.3) is 10.6 Å². The van der Waals surface area contributed by atoms with Gasteiger partial charge in [-0.05, 0) is 12.5 Å². The van der Waals surface area contributed by atoms with Gasteiger partial charge in [0, 0.05) is 41.8 Å². The molecular weight excluding hydrogens is 308 g/mol. The van der Waals surface area contributed by atoms with Crippen LogP contribution < -0.4 is 5.32 Å². The Kier molecular flexibility index (Phi) is 3.67. The van der Waals surface area contributed by atoms with Crippen molar-refractivity contribution in [1.82, 2.24) is 20.1 Å². The number of hydrogen-bond acceptors (Lipinski definition) is 4. The summed E-state index contributed by atoms with van der Waals surface area (Å²) < 4.78 is 2.00. The molecule has 116 valence electrons. The first-order valence-electron chi connectivity index (χ1n) is 7.62. The van der Waals surface area contributed by atoms with Crippen molar-refractivity contribution in [3.05, 3.63) is 59.4 Å². The third kappa shape index (κ3) is 2.90. The third-order valence-corrected chi connectivity index (χ3v) is 4.93. The van der Waals surface area contributed by atoms with Crippen LogP contribution in [0.3, 0.4) is 0 Å². The number of thiazole rings is 1. The molecule has 1 aliphatic heterocycles. The first-order chi connectivity index (χ1) is 11.3. The minimum Gasteiger partial charge on any atom is -0.347 e. The minimum absolute atomic E-state index is 0.0959. The molecule has 1 aromatic carbocycles. The van der Waals surface area contributed by atoms with Gasteiger partial charge in [-0.25, -0.2) is 4.98 Å². The number of fused-ring (bicyclic) bond motifs is 1. The molecule has 1 atom stereocenters. The zero-order valence-corrected chi connectivity index (χ0v) is 13.3. The Hall–Kier alpha value is -2.47. The average Bonchev–Trinajstić information content (AvgIpc) is 3.24. The van der Waals surface area contributed by atoms with Gasteiger partial charge in [0.05, 0.1) is 0 Å². The molecule has 1 amide bonds. The summed E-state index contributed by atoms with van der Waals surface area (Å²) in [6.07, 6.45) is 3.53. The summed E-state index contributed by atoms with van der Waals surface area (Å²) in [5, 5.41) is 10.1. The fourth-order valence-electron chi connectivity index (χ4n) is 2.84. The number of carbonyl (C=O) groups is 1. The number of hydrogen-bond donors (Lipinski definition) is 1. The van der Waals surface area contributed by atoms with Crippen molar-refractivity contribution < 1.29 is 4.79 Å². The molecule has 3 aromatic rings. The number of nitrogens with one attached hydrogen (secondary N) is 1. The van der Waals surface area contributed by atoms with Crippen LogP contribution in [-0.4, -0.2) is 26.7 Å². The van der Waals surface area contributed by atoms with E-state index in [0.29, 0.717) is 5.69 Å². The first kappa shape index (κ1) is 14.1. The van der Waals surface area contributed by atoms with Crippen molar-refractivity contribution in [2.24, 2.45) is 0 Å². The van der Waals surface area contributed by atoms with Gasteiger partial charge in [-0.15, -0.1) is 11.3 Å². The lowest BCUT2D eigenvalue weighted by atomic mass is 10.0. The maximum atomic E-state index is 12.4. The van der Waals surface area contributed by atoms with Crippen molar-refractivity contribution in [3.63, 3.8) is 0 Å². The first-order valence-corrected chi connectivity index (χ1v) is 8.50. The molecule has 1 N–H and O–H groups in total. The lowest BCUT2D eigenvalue weighted by Gasteiger charge is -2.23. The van der Waals surface area contributed by atoms with Crippen LogP contribution in [0.15, 0.2) is 48.0 Å². The van der Waals surface area contributed by atoms with Gasteiger partial charge >= 0.3 is 0 Å². The highest BCUT2D eigenvalue weighted by molar-refractivity contribution is 7.13. The number of nitrogens with zero attached hydrogens (tertiary/aromatic N) is 3. The van der Waals surface area contributed by atoms with Gasteiger partial charge in [0.25, 0.3) is 5.91 Å². The highest BCUT2D eigenvalue weighted by Crippen LogP contribution is 2.23. The monoisotopic (exact) mass is 324 g/mol. The molecule has 1 aliphatic rings. The van der Waals surface area contributed by atoms with E-state index < -0.39 is 0 Å². The number of benzene rings is 1. The molecule has 4 rings (SSSR count). The second-order valence-corrected chi connectivity index (χ2v) is 6.47. The molecule has 0 radical (unpaired) electrons. The molecule has 2 aromatic heterocycles. The SMILES string of the molecule is O=C(N[C@@H]1CCn2nccc2C1)c1csc(-c2ccccc2)n1. The molecule has 0 fully saturated rings. The molecule has 0 aliphatic carbocycles. The van der Waals surface area contributed by atoms with E-state index >= 15 is 0 Å². The van der Waals surface area contributed by atoms with Crippen molar-refractivity contribution in [2.75, 3.05) is 0 Å². The molecule has 3 heterocycles. The Morgan fingerprint density at radius 1 is 1.26 bits per heavy atom. The predicted octanol–water partition coefficient (Wildman–Crippen LogP) is 2.75. The standard InChI is InChI=1S/C17H16N4OS/c22-16(19-13-7-9-21-14(10-13)6-8-18-21)15-11-23-17(20-15)12-4-2-1-3-5-12/h1-6,8,11,13H,7,9-10H2,(H,19,22)/t13-/m1/s1. The summed E-state index contributed by atoms with van der Waals surface area (Å²) in [6, 6.07) is 12.1. The molecule has 0 unspecified atom stereocenters. The van der Waals surface area contributed by atoms with E-state index in [-0.39, 0.29) is 11.9 Å². The minimum atomic E-state index is -0.0959. The zero-order chi connectivity index (χ0) is 15.6. The molecule has 0 spiro atoms. The second kappa shape index (κ2) is 5.96. The van der Waals surface area contributed by atoms with Gasteiger partial charge in [-0.3, -0.25) is 9.48 Å². The fourth-order valence-corrected chi connectivity index (χ4v) is 3.65. The maximum absolute atomic E-state index is 12.4. The average molecular weight is 324 g/mol. The second-order valence-electron chi connectivity index (χ2n) is 5.61.